The van der Waals surface area contributed by atoms with E-state index in [1.165, 1.54) is 19.6 Å². The topological polar surface area (TPSA) is 114 Å². The van der Waals surface area contributed by atoms with Crippen LogP contribution in [0.1, 0.15) is 21.6 Å². The van der Waals surface area contributed by atoms with E-state index in [2.05, 4.69) is 15.0 Å². The van der Waals surface area contributed by atoms with E-state index >= 15 is 4.39 Å². The van der Waals surface area contributed by atoms with Crippen molar-refractivity contribution in [2.45, 2.75) is 11.8 Å². The first-order valence-corrected chi connectivity index (χ1v) is 10.8. The Morgan fingerprint density at radius 1 is 1.09 bits per heavy atom. The third kappa shape index (κ3) is 3.89. The first-order valence-electron chi connectivity index (χ1n) is 9.31. The predicted octanol–water partition coefficient (Wildman–Crippen LogP) is 3.72. The van der Waals surface area contributed by atoms with Gasteiger partial charge in [-0.2, -0.15) is 0 Å². The highest BCUT2D eigenvalue weighted by Crippen LogP contribution is 2.29. The Balaban J connectivity index is 1.76. The largest absolute Gasteiger partial charge is 0.494 e. The molecule has 0 spiro atoms. The standard InChI is InChI=1S/C21H15F3N4O4S/c1-10-17-12(8-25-21(17)27-9-26-10)20(29)18-13(22)4-5-15(19(18)24)28-33(30,31)11-3-6-16(32-2)14(23)7-11/h3-9,28H,1-2H3,(H,25,26,27). The first-order chi connectivity index (χ1) is 15.6. The maximum Gasteiger partial charge on any atom is 0.262 e. The molecule has 170 valence electrons. The fourth-order valence-corrected chi connectivity index (χ4v) is 4.36. The van der Waals surface area contributed by atoms with Gasteiger partial charge in [0, 0.05) is 6.20 Å². The van der Waals surface area contributed by atoms with E-state index in [0.717, 1.165) is 24.3 Å². The SMILES string of the molecule is COc1ccc(S(=O)(=O)Nc2ccc(F)c(C(=O)c3c[nH]c4ncnc(C)c34)c2F)cc1F. The highest BCUT2D eigenvalue weighted by atomic mass is 32.2. The summed E-state index contributed by atoms with van der Waals surface area (Å²) >= 11 is 0. The van der Waals surface area contributed by atoms with Crippen molar-refractivity contribution in [2.24, 2.45) is 0 Å². The van der Waals surface area contributed by atoms with Crippen LogP contribution in [0.15, 0.2) is 47.8 Å². The Bertz CT molecular complexity index is 1520. The molecule has 0 radical (unpaired) electrons. The fourth-order valence-electron chi connectivity index (χ4n) is 3.29. The second-order valence-electron chi connectivity index (χ2n) is 6.90. The van der Waals surface area contributed by atoms with E-state index in [1.807, 2.05) is 4.72 Å². The van der Waals surface area contributed by atoms with Crippen molar-refractivity contribution in [1.82, 2.24) is 15.0 Å². The van der Waals surface area contributed by atoms with E-state index in [4.69, 9.17) is 4.74 Å². The number of aromatic amines is 1. The Morgan fingerprint density at radius 3 is 2.55 bits per heavy atom. The van der Waals surface area contributed by atoms with Crippen LogP contribution in [0.3, 0.4) is 0 Å². The number of carbonyl (C=O) groups is 1. The van der Waals surface area contributed by atoms with Gasteiger partial charge < -0.3 is 9.72 Å². The van der Waals surface area contributed by atoms with Crippen LogP contribution in [0.2, 0.25) is 0 Å². The summed E-state index contributed by atoms with van der Waals surface area (Å²) in [5.74, 6) is -4.80. The minimum Gasteiger partial charge on any atom is -0.494 e. The van der Waals surface area contributed by atoms with E-state index in [-0.39, 0.29) is 16.7 Å². The van der Waals surface area contributed by atoms with E-state index < -0.39 is 49.4 Å². The number of halogens is 3. The number of nitrogens with zero attached hydrogens (tertiary/aromatic N) is 2. The number of hydrogen-bond acceptors (Lipinski definition) is 6. The molecule has 4 aromatic rings. The van der Waals surface area contributed by atoms with Crippen molar-refractivity contribution in [1.29, 1.82) is 0 Å². The summed E-state index contributed by atoms with van der Waals surface area (Å²) in [6.07, 6.45) is 2.51. The summed E-state index contributed by atoms with van der Waals surface area (Å²) < 4.78 is 75.6. The summed E-state index contributed by atoms with van der Waals surface area (Å²) in [6, 6.07) is 4.39. The van der Waals surface area contributed by atoms with Crippen molar-refractivity contribution in [3.05, 3.63) is 77.1 Å². The zero-order valence-electron chi connectivity index (χ0n) is 17.1. The number of aromatic nitrogens is 3. The summed E-state index contributed by atoms with van der Waals surface area (Å²) in [4.78, 5) is 23.2. The zero-order valence-corrected chi connectivity index (χ0v) is 17.9. The quantitative estimate of drug-likeness (QED) is 0.410. The smallest absolute Gasteiger partial charge is 0.262 e. The number of anilines is 1. The number of methoxy groups -OCH3 is 1. The van der Waals surface area contributed by atoms with Crippen LogP contribution in [0.5, 0.6) is 5.75 Å². The lowest BCUT2D eigenvalue weighted by Gasteiger charge is -2.12. The van der Waals surface area contributed by atoms with Gasteiger partial charge in [-0.25, -0.2) is 31.6 Å². The van der Waals surface area contributed by atoms with Crippen molar-refractivity contribution < 1.29 is 31.1 Å². The van der Waals surface area contributed by atoms with Gasteiger partial charge in [0.1, 0.15) is 17.8 Å². The second-order valence-corrected chi connectivity index (χ2v) is 8.58. The van der Waals surface area contributed by atoms with Gasteiger partial charge in [-0.1, -0.05) is 0 Å². The van der Waals surface area contributed by atoms with Crippen molar-refractivity contribution >= 4 is 32.5 Å². The number of hydrogen-bond donors (Lipinski definition) is 2. The number of fused-ring (bicyclic) bond motifs is 1. The monoisotopic (exact) mass is 476 g/mol. The van der Waals surface area contributed by atoms with Gasteiger partial charge in [0.25, 0.3) is 10.0 Å². The number of ether oxygens (including phenoxy) is 1. The number of sulfonamides is 1. The predicted molar refractivity (Wildman–Crippen MR) is 112 cm³/mol. The van der Waals surface area contributed by atoms with Gasteiger partial charge in [0.2, 0.25) is 5.78 Å². The maximum atomic E-state index is 15.2. The molecule has 0 aliphatic rings. The number of nitrogens with one attached hydrogen (secondary N) is 2. The third-order valence-corrected chi connectivity index (χ3v) is 6.26. The van der Waals surface area contributed by atoms with Crippen molar-refractivity contribution in [3.8, 4) is 5.75 Å². The van der Waals surface area contributed by atoms with E-state index in [1.54, 1.807) is 6.92 Å². The molecule has 0 saturated carbocycles. The van der Waals surface area contributed by atoms with Crippen LogP contribution in [0, 0.1) is 24.4 Å². The Labute approximate surface area is 185 Å². The molecule has 2 aromatic heterocycles. The lowest BCUT2D eigenvalue weighted by molar-refractivity contribution is 0.103. The lowest BCUT2D eigenvalue weighted by atomic mass is 10.0. The van der Waals surface area contributed by atoms with Crippen molar-refractivity contribution in [2.75, 3.05) is 11.8 Å². The normalized spacial score (nSPS) is 11.5. The van der Waals surface area contributed by atoms with Crippen LogP contribution in [-0.4, -0.2) is 36.3 Å². The Hall–Kier alpha value is -3.93. The molecule has 0 fully saturated rings. The molecule has 2 N–H and O–H groups in total. The van der Waals surface area contributed by atoms with Crippen LogP contribution >= 0.6 is 0 Å². The number of aryl methyl sites for hydroxylation is 1. The number of carbonyl (C=O) groups excluding carboxylic acids is 1. The molecule has 33 heavy (non-hydrogen) atoms. The molecule has 0 bridgehead atoms. The van der Waals surface area contributed by atoms with Crippen LogP contribution in [0.4, 0.5) is 18.9 Å². The molecular weight excluding hydrogens is 461 g/mol. The summed E-state index contributed by atoms with van der Waals surface area (Å²) in [5, 5.41) is 0.279. The molecule has 0 atom stereocenters. The second kappa shape index (κ2) is 8.20. The first kappa shape index (κ1) is 22.3. The minimum absolute atomic E-state index is 0.0851. The van der Waals surface area contributed by atoms with E-state index in [9.17, 15) is 22.0 Å². The average Bonchev–Trinajstić information content (AvgIpc) is 3.21. The fraction of sp³-hybridized carbons (Fsp3) is 0.0952. The number of rotatable bonds is 6. The Morgan fingerprint density at radius 2 is 1.85 bits per heavy atom. The molecular formula is C21H15F3N4O4S. The molecule has 0 amide bonds. The van der Waals surface area contributed by atoms with Gasteiger partial charge in [-0.05, 0) is 37.3 Å². The highest BCUT2D eigenvalue weighted by molar-refractivity contribution is 7.92. The molecule has 4 rings (SSSR count). The summed E-state index contributed by atoms with van der Waals surface area (Å²) in [5.41, 5.74) is -1.05. The van der Waals surface area contributed by atoms with Gasteiger partial charge in [0.05, 0.1) is 39.9 Å². The van der Waals surface area contributed by atoms with Crippen LogP contribution < -0.4 is 9.46 Å². The lowest BCUT2D eigenvalue weighted by Crippen LogP contribution is -2.17. The average molecular weight is 476 g/mol. The molecule has 12 heteroatoms. The molecule has 2 heterocycles. The van der Waals surface area contributed by atoms with E-state index in [0.29, 0.717) is 17.4 Å². The number of H-pyrrole nitrogens is 1. The number of benzene rings is 2. The van der Waals surface area contributed by atoms with Crippen LogP contribution in [-0.2, 0) is 10.0 Å². The van der Waals surface area contributed by atoms with Gasteiger partial charge >= 0.3 is 0 Å². The summed E-state index contributed by atoms with van der Waals surface area (Å²) in [7, 11) is -3.27. The maximum absolute atomic E-state index is 15.2. The molecule has 8 nitrogen and oxygen atoms in total. The minimum atomic E-state index is -4.48. The molecule has 0 aliphatic heterocycles. The highest BCUT2D eigenvalue weighted by Gasteiger charge is 2.27. The van der Waals surface area contributed by atoms with Crippen molar-refractivity contribution in [3.63, 3.8) is 0 Å². The molecule has 2 aromatic carbocycles. The van der Waals surface area contributed by atoms with Gasteiger partial charge in [-0.3, -0.25) is 9.52 Å². The zero-order chi connectivity index (χ0) is 23.9. The number of ketones is 1. The van der Waals surface area contributed by atoms with Gasteiger partial charge in [0.15, 0.2) is 17.4 Å². The molecule has 0 aliphatic carbocycles. The Kier molecular flexibility index (Phi) is 5.54. The molecule has 0 saturated heterocycles. The third-order valence-electron chi connectivity index (χ3n) is 4.90. The van der Waals surface area contributed by atoms with Gasteiger partial charge in [-0.15, -0.1) is 0 Å². The summed E-state index contributed by atoms with van der Waals surface area (Å²) in [6.45, 7) is 1.60. The van der Waals surface area contributed by atoms with Crippen LogP contribution in [0.25, 0.3) is 11.0 Å². The molecule has 0 unspecified atom stereocenters.